The van der Waals surface area contributed by atoms with Crippen LogP contribution in [0.3, 0.4) is 0 Å². The molecule has 0 aromatic carbocycles. The van der Waals surface area contributed by atoms with E-state index in [1.54, 1.807) is 11.9 Å². The van der Waals surface area contributed by atoms with E-state index in [0.717, 1.165) is 51.6 Å². The Balaban J connectivity index is 1.18. The van der Waals surface area contributed by atoms with Crippen LogP contribution in [-0.4, -0.2) is 107 Å². The molecular weight excluding hydrogens is 432 g/mol. The lowest BCUT2D eigenvalue weighted by Crippen LogP contribution is -2.54. The average Bonchev–Trinajstić information content (AvgIpc) is 3.35. The number of anilines is 1. The van der Waals surface area contributed by atoms with Gasteiger partial charge in [0.25, 0.3) is 0 Å². The summed E-state index contributed by atoms with van der Waals surface area (Å²) in [4.78, 5) is 44.8. The van der Waals surface area contributed by atoms with Crippen molar-refractivity contribution in [2.24, 2.45) is 5.92 Å². The number of aliphatic carboxylic acids is 1. The maximum atomic E-state index is 12.2. The van der Waals surface area contributed by atoms with Crippen LogP contribution >= 0.6 is 0 Å². The molecule has 3 aliphatic rings. The summed E-state index contributed by atoms with van der Waals surface area (Å²) in [5.74, 6) is -0.168. The van der Waals surface area contributed by atoms with Crippen molar-refractivity contribution < 1.29 is 24.0 Å². The monoisotopic (exact) mass is 466 g/mol. The molecule has 33 heavy (non-hydrogen) atoms. The zero-order valence-corrected chi connectivity index (χ0v) is 19.1. The zero-order valence-electron chi connectivity index (χ0n) is 19.1. The number of unbranched alkanes of at least 4 members (excludes halogenated alkanes) is 1. The number of aromatic amines is 1. The average molecular weight is 467 g/mol. The first-order valence-electron chi connectivity index (χ1n) is 11.8. The molecule has 3 aliphatic heterocycles. The first-order valence-corrected chi connectivity index (χ1v) is 11.8. The predicted molar refractivity (Wildman–Crippen MR) is 118 cm³/mol. The van der Waals surface area contributed by atoms with Crippen molar-refractivity contribution in [1.29, 1.82) is 0 Å². The minimum Gasteiger partial charge on any atom is -0.480 e. The maximum Gasteiger partial charge on any atom is 0.440 e. The number of hydrogen-bond acceptors (Lipinski definition) is 9. The molecule has 1 amide bonds. The van der Waals surface area contributed by atoms with Crippen LogP contribution in [0.4, 0.5) is 10.7 Å². The summed E-state index contributed by atoms with van der Waals surface area (Å²) in [6, 6.07) is 0.0226. The molecule has 4 heterocycles. The molecule has 0 bridgehead atoms. The summed E-state index contributed by atoms with van der Waals surface area (Å²) in [5, 5.41) is 12.7. The van der Waals surface area contributed by atoms with E-state index in [-0.39, 0.29) is 24.9 Å². The number of likely N-dealkylation sites (N-methyl/N-ethyl adjacent to an activating group) is 1. The van der Waals surface area contributed by atoms with E-state index in [1.807, 2.05) is 4.90 Å². The highest BCUT2D eigenvalue weighted by atomic mass is 16.6. The van der Waals surface area contributed by atoms with Gasteiger partial charge in [0.1, 0.15) is 0 Å². The Morgan fingerprint density at radius 2 is 1.79 bits per heavy atom. The quantitative estimate of drug-likeness (QED) is 0.499. The fraction of sp³-hybridized carbons (Fsp3) is 0.810. The van der Waals surface area contributed by atoms with Crippen LogP contribution in [0.15, 0.2) is 9.32 Å². The van der Waals surface area contributed by atoms with Crippen molar-refractivity contribution in [1.82, 2.24) is 24.8 Å². The Bertz CT molecular complexity index is 857. The minimum absolute atomic E-state index is 0.0226. The number of carbonyl (C=O) groups excluding carboxylic acids is 1. The molecule has 4 rings (SSSR count). The third-order valence-electron chi connectivity index (χ3n) is 7.17. The van der Waals surface area contributed by atoms with Crippen LogP contribution in [0.25, 0.3) is 0 Å². The van der Waals surface area contributed by atoms with Crippen LogP contribution in [0.2, 0.25) is 0 Å². The first-order chi connectivity index (χ1) is 15.9. The lowest BCUT2D eigenvalue weighted by atomic mass is 9.91. The minimum atomic E-state index is -0.813. The number of hydrogen-bond donors (Lipinski definition) is 2. The Hall–Kier alpha value is -2.60. The van der Waals surface area contributed by atoms with Gasteiger partial charge in [-0.1, -0.05) is 19.3 Å². The van der Waals surface area contributed by atoms with Crippen molar-refractivity contribution in [3.05, 3.63) is 10.6 Å². The molecule has 2 N–H and O–H groups in total. The van der Waals surface area contributed by atoms with Gasteiger partial charge in [0.15, 0.2) is 6.23 Å². The molecule has 3 fully saturated rings. The fourth-order valence-electron chi connectivity index (χ4n) is 5.19. The second-order valence-electron chi connectivity index (χ2n) is 9.29. The molecule has 12 nitrogen and oxygen atoms in total. The van der Waals surface area contributed by atoms with Gasteiger partial charge in [0.2, 0.25) is 5.95 Å². The molecule has 2 unspecified atom stereocenters. The molecule has 1 aromatic rings. The highest BCUT2D eigenvalue weighted by Crippen LogP contribution is 2.28. The fourth-order valence-corrected chi connectivity index (χ4v) is 5.19. The SMILES string of the molecule is CN1C(=O)OC(N2CCN(CC(=O)O)CC2)C1CCCCC1CCN(c2noc(=O)[nH]2)CC1. The van der Waals surface area contributed by atoms with Crippen LogP contribution in [0, 0.1) is 5.92 Å². The second kappa shape index (κ2) is 10.6. The Labute approximate surface area is 192 Å². The smallest absolute Gasteiger partial charge is 0.440 e. The van der Waals surface area contributed by atoms with Gasteiger partial charge in [-0.3, -0.25) is 24.1 Å². The molecule has 0 radical (unpaired) electrons. The number of H-pyrrole nitrogens is 1. The summed E-state index contributed by atoms with van der Waals surface area (Å²) in [6.45, 7) is 4.50. The standard InChI is InChI=1S/C21H34N6O6/c1-24-16(18(32-21(24)31)26-12-10-25(11-13-26)14-17(28)29)5-3-2-4-15-6-8-27(9-7-15)19-22-20(30)33-23-19/h15-16,18H,2-14H2,1H3,(H,28,29)(H,22,23,30). The predicted octanol–water partition coefficient (Wildman–Crippen LogP) is 0.619. The highest BCUT2D eigenvalue weighted by molar-refractivity contribution is 5.70. The van der Waals surface area contributed by atoms with Gasteiger partial charge in [0.05, 0.1) is 12.6 Å². The second-order valence-corrected chi connectivity index (χ2v) is 9.29. The lowest BCUT2D eigenvalue weighted by molar-refractivity contribution is -0.139. The summed E-state index contributed by atoms with van der Waals surface area (Å²) >= 11 is 0. The van der Waals surface area contributed by atoms with E-state index in [9.17, 15) is 14.4 Å². The van der Waals surface area contributed by atoms with Crippen LogP contribution < -0.4 is 10.7 Å². The number of carboxylic acids is 1. The molecule has 1 aromatic heterocycles. The topological polar surface area (TPSA) is 135 Å². The van der Waals surface area contributed by atoms with Gasteiger partial charge in [-0.05, 0) is 30.3 Å². The van der Waals surface area contributed by atoms with Crippen molar-refractivity contribution in [2.75, 3.05) is 57.8 Å². The number of piperazine rings is 1. The Morgan fingerprint density at radius 1 is 1.09 bits per heavy atom. The number of carboxylic acid groups (broad SMARTS) is 1. The van der Waals surface area contributed by atoms with Crippen molar-refractivity contribution in [3.8, 4) is 0 Å². The van der Waals surface area contributed by atoms with Crippen LogP contribution in [0.1, 0.15) is 38.5 Å². The van der Waals surface area contributed by atoms with Crippen molar-refractivity contribution in [3.63, 3.8) is 0 Å². The van der Waals surface area contributed by atoms with Gasteiger partial charge in [-0.2, -0.15) is 0 Å². The van der Waals surface area contributed by atoms with E-state index >= 15 is 0 Å². The number of nitrogens with zero attached hydrogens (tertiary/aromatic N) is 5. The summed E-state index contributed by atoms with van der Waals surface area (Å²) in [5.41, 5.74) is 0. The number of aromatic nitrogens is 2. The maximum absolute atomic E-state index is 12.2. The first kappa shape index (κ1) is 23.6. The Kier molecular flexibility index (Phi) is 7.53. The number of ether oxygens (including phenoxy) is 1. The van der Waals surface area contributed by atoms with E-state index < -0.39 is 11.7 Å². The number of nitrogens with one attached hydrogen (secondary N) is 1. The van der Waals surface area contributed by atoms with Gasteiger partial charge < -0.3 is 19.6 Å². The molecule has 0 aliphatic carbocycles. The number of carbonyl (C=O) groups is 2. The van der Waals surface area contributed by atoms with Crippen LogP contribution in [0.5, 0.6) is 0 Å². The number of piperidine rings is 1. The van der Waals surface area contributed by atoms with E-state index in [1.165, 1.54) is 0 Å². The van der Waals surface area contributed by atoms with E-state index in [2.05, 4.69) is 24.5 Å². The lowest BCUT2D eigenvalue weighted by Gasteiger charge is -2.38. The highest BCUT2D eigenvalue weighted by Gasteiger charge is 2.43. The molecular formula is C21H34N6O6. The van der Waals surface area contributed by atoms with Gasteiger partial charge in [-0.15, -0.1) is 0 Å². The molecule has 2 atom stereocenters. The summed E-state index contributed by atoms with van der Waals surface area (Å²) < 4.78 is 10.3. The zero-order chi connectivity index (χ0) is 23.4. The largest absolute Gasteiger partial charge is 0.480 e. The van der Waals surface area contributed by atoms with Crippen molar-refractivity contribution in [2.45, 2.75) is 50.8 Å². The van der Waals surface area contributed by atoms with Crippen molar-refractivity contribution >= 4 is 18.0 Å². The van der Waals surface area contributed by atoms with Crippen LogP contribution in [-0.2, 0) is 9.53 Å². The number of rotatable bonds is 9. The number of cyclic esters (lactones) is 1. The Morgan fingerprint density at radius 3 is 2.42 bits per heavy atom. The summed E-state index contributed by atoms with van der Waals surface area (Å²) in [6.07, 6.45) is 5.74. The van der Waals surface area contributed by atoms with E-state index in [0.29, 0.717) is 38.0 Å². The third-order valence-corrected chi connectivity index (χ3v) is 7.17. The summed E-state index contributed by atoms with van der Waals surface area (Å²) in [7, 11) is 1.80. The van der Waals surface area contributed by atoms with E-state index in [4.69, 9.17) is 9.84 Å². The molecule has 0 spiro atoms. The normalized spacial score (nSPS) is 25.5. The number of amides is 1. The third kappa shape index (κ3) is 5.85. The molecule has 12 heteroatoms. The molecule has 184 valence electrons. The van der Waals surface area contributed by atoms with Gasteiger partial charge >= 0.3 is 17.8 Å². The molecule has 0 saturated carbocycles. The van der Waals surface area contributed by atoms with Gasteiger partial charge in [-0.25, -0.2) is 9.59 Å². The molecule has 3 saturated heterocycles. The van der Waals surface area contributed by atoms with Gasteiger partial charge in [0, 0.05) is 46.3 Å².